The number of nitrogens with two attached hydrogens (primary N) is 1. The maximum absolute atomic E-state index is 11.2. The van der Waals surface area contributed by atoms with Gasteiger partial charge in [-0.05, 0) is 49.7 Å². The molecule has 1 heterocycles. The molecule has 6 heteroatoms. The Hall–Kier alpha value is -2.73. The van der Waals surface area contributed by atoms with Crippen LogP contribution in [0.5, 0.6) is 5.75 Å². The predicted octanol–water partition coefficient (Wildman–Crippen LogP) is 3.74. The van der Waals surface area contributed by atoms with Crippen LogP contribution in [0.2, 0.25) is 0 Å². The van der Waals surface area contributed by atoms with E-state index in [0.717, 1.165) is 33.4 Å². The summed E-state index contributed by atoms with van der Waals surface area (Å²) in [6.07, 6.45) is 1.82. The average Bonchev–Trinajstić information content (AvgIpc) is 3.03. The Balaban J connectivity index is 2.13. The number of nitrogens with zero attached hydrogens (tertiary/aromatic N) is 2. The van der Waals surface area contributed by atoms with Gasteiger partial charge in [-0.15, -0.1) is 0 Å². The highest BCUT2D eigenvalue weighted by molar-refractivity contribution is 7.99. The molecule has 0 fully saturated rings. The Kier molecular flexibility index (Phi) is 5.32. The van der Waals surface area contributed by atoms with Gasteiger partial charge in [-0.1, -0.05) is 29.5 Å². The number of primary amides is 1. The summed E-state index contributed by atoms with van der Waals surface area (Å²) in [4.78, 5) is 15.8. The van der Waals surface area contributed by atoms with Gasteiger partial charge in [0.25, 0.3) is 0 Å². The lowest BCUT2D eigenvalue weighted by molar-refractivity contribution is -0.115. The SMILES string of the molecule is COc1ccc(-c2cnc(SCC(N)=O)n2-c2ccc(C)cc2C)cc1. The van der Waals surface area contributed by atoms with Gasteiger partial charge < -0.3 is 10.5 Å². The van der Waals surface area contributed by atoms with Gasteiger partial charge in [0.1, 0.15) is 5.75 Å². The third-order valence-electron chi connectivity index (χ3n) is 4.05. The van der Waals surface area contributed by atoms with Crippen LogP contribution in [0.4, 0.5) is 0 Å². The van der Waals surface area contributed by atoms with Gasteiger partial charge in [-0.3, -0.25) is 9.36 Å². The minimum absolute atomic E-state index is 0.184. The molecule has 1 aromatic heterocycles. The predicted molar refractivity (Wildman–Crippen MR) is 105 cm³/mol. The fourth-order valence-electron chi connectivity index (χ4n) is 2.83. The standard InChI is InChI=1S/C20H21N3O2S/c1-13-4-9-17(14(2)10-13)23-18(11-22-20(23)26-12-19(21)24)15-5-7-16(25-3)8-6-15/h4-11H,12H2,1-3H3,(H2,21,24). The molecule has 0 spiro atoms. The van der Waals surface area contributed by atoms with Gasteiger partial charge in [-0.25, -0.2) is 4.98 Å². The minimum atomic E-state index is -0.365. The van der Waals surface area contributed by atoms with Crippen LogP contribution < -0.4 is 10.5 Å². The molecule has 26 heavy (non-hydrogen) atoms. The molecular weight excluding hydrogens is 346 g/mol. The molecule has 0 atom stereocenters. The fraction of sp³-hybridized carbons (Fsp3) is 0.200. The van der Waals surface area contributed by atoms with Gasteiger partial charge in [-0.2, -0.15) is 0 Å². The molecule has 1 amide bonds. The summed E-state index contributed by atoms with van der Waals surface area (Å²) < 4.78 is 7.32. The molecule has 0 radical (unpaired) electrons. The van der Waals surface area contributed by atoms with Crippen LogP contribution in [0.25, 0.3) is 16.9 Å². The fourth-order valence-corrected chi connectivity index (χ4v) is 3.55. The van der Waals surface area contributed by atoms with E-state index in [4.69, 9.17) is 10.5 Å². The normalized spacial score (nSPS) is 10.7. The number of thioether (sulfide) groups is 1. The van der Waals surface area contributed by atoms with E-state index < -0.39 is 0 Å². The molecule has 0 saturated heterocycles. The van der Waals surface area contributed by atoms with Crippen molar-refractivity contribution in [2.24, 2.45) is 5.73 Å². The van der Waals surface area contributed by atoms with Crippen LogP contribution in [-0.4, -0.2) is 28.3 Å². The van der Waals surface area contributed by atoms with E-state index in [9.17, 15) is 4.79 Å². The lowest BCUT2D eigenvalue weighted by Gasteiger charge is -2.15. The quantitative estimate of drug-likeness (QED) is 0.674. The Bertz CT molecular complexity index is 933. The molecular formula is C20H21N3O2S. The van der Waals surface area contributed by atoms with E-state index in [0.29, 0.717) is 0 Å². The summed E-state index contributed by atoms with van der Waals surface area (Å²) in [7, 11) is 1.65. The lowest BCUT2D eigenvalue weighted by atomic mass is 10.1. The van der Waals surface area contributed by atoms with E-state index in [2.05, 4.69) is 41.6 Å². The number of carbonyl (C=O) groups is 1. The maximum atomic E-state index is 11.2. The summed E-state index contributed by atoms with van der Waals surface area (Å²) >= 11 is 1.34. The average molecular weight is 367 g/mol. The summed E-state index contributed by atoms with van der Waals surface area (Å²) in [5, 5.41) is 0.738. The largest absolute Gasteiger partial charge is 0.497 e. The third kappa shape index (κ3) is 3.75. The zero-order valence-corrected chi connectivity index (χ0v) is 15.8. The van der Waals surface area contributed by atoms with Crippen molar-refractivity contribution < 1.29 is 9.53 Å². The minimum Gasteiger partial charge on any atom is -0.497 e. The first kappa shape index (κ1) is 18.1. The zero-order valence-electron chi connectivity index (χ0n) is 15.0. The maximum Gasteiger partial charge on any atom is 0.227 e. The molecule has 0 bridgehead atoms. The summed E-state index contributed by atoms with van der Waals surface area (Å²) in [6.45, 7) is 4.14. The number of imidazole rings is 1. The first-order chi connectivity index (χ1) is 12.5. The van der Waals surface area contributed by atoms with E-state index >= 15 is 0 Å². The Labute approximate surface area is 157 Å². The van der Waals surface area contributed by atoms with Crippen LogP contribution in [0.15, 0.2) is 53.8 Å². The van der Waals surface area contributed by atoms with Gasteiger partial charge in [0.05, 0.1) is 30.4 Å². The lowest BCUT2D eigenvalue weighted by Crippen LogP contribution is -2.14. The zero-order chi connectivity index (χ0) is 18.7. The first-order valence-electron chi connectivity index (χ1n) is 8.20. The summed E-state index contributed by atoms with van der Waals surface area (Å²) in [6, 6.07) is 14.1. The number of aromatic nitrogens is 2. The number of methoxy groups -OCH3 is 1. The van der Waals surface area contributed by atoms with Crippen molar-refractivity contribution in [3.63, 3.8) is 0 Å². The van der Waals surface area contributed by atoms with E-state index in [1.54, 1.807) is 7.11 Å². The Morgan fingerprint density at radius 1 is 1.19 bits per heavy atom. The van der Waals surface area contributed by atoms with Crippen LogP contribution in [0, 0.1) is 13.8 Å². The number of hydrogen-bond acceptors (Lipinski definition) is 4. The molecule has 0 aliphatic heterocycles. The molecule has 5 nitrogen and oxygen atoms in total. The third-order valence-corrected chi connectivity index (χ3v) is 5.03. The van der Waals surface area contributed by atoms with Crippen molar-refractivity contribution in [2.75, 3.05) is 12.9 Å². The number of benzene rings is 2. The smallest absolute Gasteiger partial charge is 0.227 e. The number of amides is 1. The van der Waals surface area contributed by atoms with Gasteiger partial charge in [0.15, 0.2) is 5.16 Å². The van der Waals surface area contributed by atoms with Crippen molar-refractivity contribution in [2.45, 2.75) is 19.0 Å². The van der Waals surface area contributed by atoms with Crippen LogP contribution in [0.1, 0.15) is 11.1 Å². The Morgan fingerprint density at radius 2 is 1.92 bits per heavy atom. The first-order valence-corrected chi connectivity index (χ1v) is 9.19. The second-order valence-corrected chi connectivity index (χ2v) is 6.98. The number of aryl methyl sites for hydroxylation is 2. The van der Waals surface area contributed by atoms with Gasteiger partial charge >= 0.3 is 0 Å². The monoisotopic (exact) mass is 367 g/mol. The number of ether oxygens (including phenoxy) is 1. The number of rotatable bonds is 6. The van der Waals surface area contributed by atoms with Crippen molar-refractivity contribution in [3.05, 3.63) is 59.8 Å². The van der Waals surface area contributed by atoms with E-state index in [1.165, 1.54) is 17.3 Å². The number of hydrogen-bond donors (Lipinski definition) is 1. The summed E-state index contributed by atoms with van der Waals surface area (Å²) in [5.74, 6) is 0.620. The van der Waals surface area contributed by atoms with Crippen molar-refractivity contribution in [1.82, 2.24) is 9.55 Å². The second kappa shape index (κ2) is 7.66. The highest BCUT2D eigenvalue weighted by atomic mass is 32.2. The van der Waals surface area contributed by atoms with Crippen molar-refractivity contribution in [3.8, 4) is 22.7 Å². The van der Waals surface area contributed by atoms with Gasteiger partial charge in [0, 0.05) is 5.56 Å². The second-order valence-electron chi connectivity index (χ2n) is 6.03. The van der Waals surface area contributed by atoms with Crippen molar-refractivity contribution in [1.29, 1.82) is 0 Å². The molecule has 0 unspecified atom stereocenters. The molecule has 0 saturated carbocycles. The van der Waals surface area contributed by atoms with Crippen LogP contribution in [0.3, 0.4) is 0 Å². The molecule has 2 aromatic carbocycles. The molecule has 2 N–H and O–H groups in total. The Morgan fingerprint density at radius 3 is 2.54 bits per heavy atom. The van der Waals surface area contributed by atoms with Crippen molar-refractivity contribution >= 4 is 17.7 Å². The van der Waals surface area contributed by atoms with Crippen LogP contribution in [-0.2, 0) is 4.79 Å². The molecule has 0 aliphatic rings. The number of carbonyl (C=O) groups excluding carboxylic acids is 1. The molecule has 3 aromatic rings. The van der Waals surface area contributed by atoms with E-state index in [1.807, 2.05) is 30.5 Å². The molecule has 3 rings (SSSR count). The summed E-state index contributed by atoms with van der Waals surface area (Å²) in [5.41, 5.74) is 10.7. The topological polar surface area (TPSA) is 70.1 Å². The van der Waals surface area contributed by atoms with Crippen LogP contribution >= 0.6 is 11.8 Å². The highest BCUT2D eigenvalue weighted by Crippen LogP contribution is 2.32. The van der Waals surface area contributed by atoms with Gasteiger partial charge in [0.2, 0.25) is 5.91 Å². The molecule has 0 aliphatic carbocycles. The van der Waals surface area contributed by atoms with E-state index in [-0.39, 0.29) is 11.7 Å². The molecule has 134 valence electrons. The highest BCUT2D eigenvalue weighted by Gasteiger charge is 2.16.